The molecule has 1 aromatic carbocycles. The van der Waals surface area contributed by atoms with Crippen LogP contribution in [0.3, 0.4) is 0 Å². The van der Waals surface area contributed by atoms with E-state index in [2.05, 4.69) is 18.5 Å². The zero-order valence-electron chi connectivity index (χ0n) is 16.4. The summed E-state index contributed by atoms with van der Waals surface area (Å²) in [5.74, 6) is -1.64. The van der Waals surface area contributed by atoms with Gasteiger partial charge in [-0.25, -0.2) is 13.2 Å². The number of aryl methyl sites for hydroxylation is 1. The Morgan fingerprint density at radius 1 is 1.33 bits per heavy atom. The summed E-state index contributed by atoms with van der Waals surface area (Å²) in [6.45, 7) is 7.42. The Balaban J connectivity index is 2.21. The number of sulfone groups is 1. The summed E-state index contributed by atoms with van der Waals surface area (Å²) in [6, 6.07) is 9.40. The maximum Gasteiger partial charge on any atom is 0.336 e. The lowest BCUT2D eigenvalue weighted by molar-refractivity contribution is -0.139. The van der Waals surface area contributed by atoms with Crippen molar-refractivity contribution in [3.8, 4) is 6.07 Å². The second-order valence-electron chi connectivity index (χ2n) is 6.79. The fourth-order valence-corrected chi connectivity index (χ4v) is 5.48. The molecule has 0 aliphatic carbocycles. The van der Waals surface area contributed by atoms with E-state index in [-0.39, 0.29) is 29.3 Å². The number of allylic oxidation sites excluding steroid dienone is 5. The first-order valence-corrected chi connectivity index (χ1v) is 11.1. The summed E-state index contributed by atoms with van der Waals surface area (Å²) < 4.78 is 31.9. The van der Waals surface area contributed by atoms with Gasteiger partial charge in [0.2, 0.25) is 0 Å². The van der Waals surface area contributed by atoms with Crippen LogP contribution in [0.5, 0.6) is 0 Å². The van der Waals surface area contributed by atoms with E-state index in [1.807, 2.05) is 30.3 Å². The summed E-state index contributed by atoms with van der Waals surface area (Å²) in [5.41, 5.74) is 2.82. The Labute approximate surface area is 176 Å². The first-order chi connectivity index (χ1) is 14.4. The molecule has 0 saturated heterocycles. The highest BCUT2D eigenvalue weighted by Gasteiger charge is 2.41. The maximum atomic E-state index is 13.4. The van der Waals surface area contributed by atoms with E-state index >= 15 is 0 Å². The van der Waals surface area contributed by atoms with Gasteiger partial charge in [-0.3, -0.25) is 0 Å². The standard InChI is InChI=1S/C23H22N2O4S/c1-3-8-16(4-2)20-19(23(26)29-13-7-12-24)15-25-21-18-10-6-5-9-17(18)11-14-30(27,28)22(20)21/h3-6,8-10,15,20,25H,1-2,7,11,13-14H2/b16-8+. The molecule has 0 radical (unpaired) electrons. The van der Waals surface area contributed by atoms with Crippen LogP contribution in [0.4, 0.5) is 0 Å². The molecule has 7 heteroatoms. The fourth-order valence-electron chi connectivity index (χ4n) is 3.67. The maximum absolute atomic E-state index is 13.4. The number of ether oxygens (including phenoxy) is 1. The molecular formula is C23H22N2O4S. The van der Waals surface area contributed by atoms with Crippen LogP contribution in [0, 0.1) is 17.2 Å². The largest absolute Gasteiger partial charge is 0.461 e. The number of carbonyl (C=O) groups is 1. The Morgan fingerprint density at radius 2 is 2.10 bits per heavy atom. The molecule has 0 aromatic heterocycles. The summed E-state index contributed by atoms with van der Waals surface area (Å²) >= 11 is 0. The van der Waals surface area contributed by atoms with Crippen LogP contribution < -0.4 is 5.32 Å². The van der Waals surface area contributed by atoms with Crippen LogP contribution in [0.15, 0.2) is 77.9 Å². The molecule has 6 nitrogen and oxygen atoms in total. The van der Waals surface area contributed by atoms with Crippen molar-refractivity contribution in [3.05, 3.63) is 89.0 Å². The van der Waals surface area contributed by atoms with Crippen molar-refractivity contribution in [2.24, 2.45) is 5.92 Å². The third-order valence-corrected chi connectivity index (χ3v) is 6.87. The first kappa shape index (κ1) is 21.3. The van der Waals surface area contributed by atoms with Gasteiger partial charge in [-0.2, -0.15) is 5.26 Å². The van der Waals surface area contributed by atoms with Crippen LogP contribution in [0.2, 0.25) is 0 Å². The molecule has 1 unspecified atom stereocenters. The van der Waals surface area contributed by atoms with Gasteiger partial charge < -0.3 is 10.1 Å². The highest BCUT2D eigenvalue weighted by Crippen LogP contribution is 2.42. The number of fused-ring (bicyclic) bond motifs is 2. The SMILES string of the molecule is C=C/C=C(\C=C)C1C(C(=O)OCCC#N)=CNC2=C1S(=O)(=O)CCc1ccccc12. The van der Waals surface area contributed by atoms with Crippen molar-refractivity contribution in [1.29, 1.82) is 5.26 Å². The van der Waals surface area contributed by atoms with Crippen molar-refractivity contribution in [1.82, 2.24) is 5.32 Å². The van der Waals surface area contributed by atoms with E-state index in [1.165, 1.54) is 18.4 Å². The smallest absolute Gasteiger partial charge is 0.336 e. The Bertz CT molecular complexity index is 1130. The Hall–Kier alpha value is -3.37. The quantitative estimate of drug-likeness (QED) is 0.430. The highest BCUT2D eigenvalue weighted by molar-refractivity contribution is 7.95. The number of carbonyl (C=O) groups excluding carboxylic acids is 1. The summed E-state index contributed by atoms with van der Waals surface area (Å²) in [6.07, 6.45) is 6.58. The molecule has 1 N–H and O–H groups in total. The van der Waals surface area contributed by atoms with Gasteiger partial charge in [0, 0.05) is 11.8 Å². The van der Waals surface area contributed by atoms with Crippen molar-refractivity contribution < 1.29 is 17.9 Å². The fraction of sp³-hybridized carbons (Fsp3) is 0.217. The van der Waals surface area contributed by atoms with Crippen LogP contribution in [0.1, 0.15) is 17.5 Å². The average Bonchev–Trinajstić information content (AvgIpc) is 2.86. The number of benzene rings is 1. The molecule has 0 spiro atoms. The van der Waals surface area contributed by atoms with Gasteiger partial charge in [0.15, 0.2) is 9.84 Å². The van der Waals surface area contributed by atoms with Gasteiger partial charge in [0.25, 0.3) is 0 Å². The number of nitriles is 1. The number of rotatable bonds is 6. The number of nitrogens with one attached hydrogen (secondary N) is 1. The highest BCUT2D eigenvalue weighted by atomic mass is 32.2. The third kappa shape index (κ3) is 4.00. The molecule has 0 bridgehead atoms. The molecule has 2 heterocycles. The second-order valence-corrected chi connectivity index (χ2v) is 8.87. The average molecular weight is 423 g/mol. The van der Waals surface area contributed by atoms with E-state index < -0.39 is 21.7 Å². The van der Waals surface area contributed by atoms with Crippen LogP contribution in [-0.4, -0.2) is 26.7 Å². The summed E-state index contributed by atoms with van der Waals surface area (Å²) in [7, 11) is -3.71. The van der Waals surface area contributed by atoms with Crippen LogP contribution >= 0.6 is 0 Å². The molecule has 0 fully saturated rings. The van der Waals surface area contributed by atoms with Gasteiger partial charge in [-0.1, -0.05) is 55.7 Å². The van der Waals surface area contributed by atoms with Gasteiger partial charge in [0.1, 0.15) is 6.61 Å². The van der Waals surface area contributed by atoms with Gasteiger partial charge >= 0.3 is 5.97 Å². The van der Waals surface area contributed by atoms with Gasteiger partial charge in [-0.05, 0) is 17.6 Å². The van der Waals surface area contributed by atoms with Crippen LogP contribution in [0.25, 0.3) is 5.70 Å². The van der Waals surface area contributed by atoms with E-state index in [9.17, 15) is 13.2 Å². The zero-order valence-corrected chi connectivity index (χ0v) is 17.2. The van der Waals surface area contributed by atoms with E-state index in [4.69, 9.17) is 10.00 Å². The topological polar surface area (TPSA) is 96.3 Å². The molecule has 154 valence electrons. The van der Waals surface area contributed by atoms with Crippen molar-refractivity contribution in [2.45, 2.75) is 12.8 Å². The Kier molecular flexibility index (Phi) is 6.38. The number of nitrogens with zero attached hydrogens (tertiary/aromatic N) is 1. The first-order valence-electron chi connectivity index (χ1n) is 9.45. The molecule has 0 saturated carbocycles. The molecular weight excluding hydrogens is 400 g/mol. The zero-order chi connectivity index (χ0) is 21.7. The minimum Gasteiger partial charge on any atom is -0.461 e. The minimum atomic E-state index is -3.71. The van der Waals surface area contributed by atoms with Crippen molar-refractivity contribution in [2.75, 3.05) is 12.4 Å². The minimum absolute atomic E-state index is 0.0492. The lowest BCUT2D eigenvalue weighted by Crippen LogP contribution is -2.31. The third-order valence-electron chi connectivity index (χ3n) is 5.02. The molecule has 3 rings (SSSR count). The van der Waals surface area contributed by atoms with Crippen molar-refractivity contribution in [3.63, 3.8) is 0 Å². The second kappa shape index (κ2) is 8.97. The van der Waals surface area contributed by atoms with Gasteiger partial charge in [0.05, 0.1) is 40.3 Å². The lowest BCUT2D eigenvalue weighted by atomic mass is 9.86. The van der Waals surface area contributed by atoms with Gasteiger partial charge in [-0.15, -0.1) is 0 Å². The molecule has 1 aromatic rings. The number of hydrogen-bond donors (Lipinski definition) is 1. The molecule has 1 atom stereocenters. The number of dihydropyridines is 1. The number of hydrogen-bond acceptors (Lipinski definition) is 6. The summed E-state index contributed by atoms with van der Waals surface area (Å²) in [4.78, 5) is 12.9. The predicted molar refractivity (Wildman–Crippen MR) is 115 cm³/mol. The van der Waals surface area contributed by atoms with Crippen LogP contribution in [-0.2, 0) is 25.8 Å². The molecule has 30 heavy (non-hydrogen) atoms. The lowest BCUT2D eigenvalue weighted by Gasteiger charge is -2.29. The monoisotopic (exact) mass is 422 g/mol. The molecule has 0 amide bonds. The molecule has 2 aliphatic rings. The number of esters is 1. The van der Waals surface area contributed by atoms with Crippen molar-refractivity contribution >= 4 is 21.5 Å². The van der Waals surface area contributed by atoms with E-state index in [0.717, 1.165) is 11.1 Å². The Morgan fingerprint density at radius 3 is 2.80 bits per heavy atom. The normalized spacial score (nSPS) is 19.8. The predicted octanol–water partition coefficient (Wildman–Crippen LogP) is 3.18. The molecule has 2 aliphatic heterocycles. The summed E-state index contributed by atoms with van der Waals surface area (Å²) in [5, 5.41) is 11.7. The van der Waals surface area contributed by atoms with E-state index in [0.29, 0.717) is 17.7 Å². The van der Waals surface area contributed by atoms with E-state index in [1.54, 1.807) is 6.08 Å².